The van der Waals surface area contributed by atoms with Crippen LogP contribution in [-0.4, -0.2) is 30.9 Å². The van der Waals surface area contributed by atoms with Crippen LogP contribution >= 0.6 is 23.2 Å². The number of nitrogens with one attached hydrogen (secondary N) is 1. The molecule has 1 aromatic rings. The average Bonchev–Trinajstić information content (AvgIpc) is 2.73. The van der Waals surface area contributed by atoms with Gasteiger partial charge in [0.05, 0.1) is 5.92 Å². The molecule has 0 aromatic heterocycles. The number of rotatable bonds is 3. The van der Waals surface area contributed by atoms with Gasteiger partial charge in [0, 0.05) is 30.2 Å². The average molecular weight is 301 g/mol. The number of amides is 1. The van der Waals surface area contributed by atoms with E-state index in [2.05, 4.69) is 12.2 Å². The SMILES string of the molecule is C[C@@H]1CNC[C@H]1C(=O)N(C)Cc1cc(Cl)cc(Cl)c1. The van der Waals surface area contributed by atoms with Gasteiger partial charge >= 0.3 is 0 Å². The largest absolute Gasteiger partial charge is 0.341 e. The van der Waals surface area contributed by atoms with Crippen LogP contribution in [0.3, 0.4) is 0 Å². The summed E-state index contributed by atoms with van der Waals surface area (Å²) in [6, 6.07) is 5.37. The van der Waals surface area contributed by atoms with Crippen LogP contribution in [0, 0.1) is 11.8 Å². The van der Waals surface area contributed by atoms with E-state index < -0.39 is 0 Å². The molecule has 1 heterocycles. The second-order valence-electron chi connectivity index (χ2n) is 5.21. The lowest BCUT2D eigenvalue weighted by Gasteiger charge is -2.23. The highest BCUT2D eigenvalue weighted by atomic mass is 35.5. The molecule has 1 saturated heterocycles. The Kier molecular flexibility index (Phi) is 4.71. The Morgan fingerprint density at radius 1 is 1.32 bits per heavy atom. The Morgan fingerprint density at radius 3 is 2.47 bits per heavy atom. The zero-order valence-electron chi connectivity index (χ0n) is 11.1. The van der Waals surface area contributed by atoms with Crippen LogP contribution in [0.2, 0.25) is 10.0 Å². The molecule has 0 aliphatic carbocycles. The van der Waals surface area contributed by atoms with Crippen LogP contribution in [-0.2, 0) is 11.3 Å². The van der Waals surface area contributed by atoms with Crippen molar-refractivity contribution in [2.75, 3.05) is 20.1 Å². The molecule has 2 rings (SSSR count). The molecule has 1 N–H and O–H groups in total. The normalized spacial score (nSPS) is 22.5. The van der Waals surface area contributed by atoms with Gasteiger partial charge in [-0.25, -0.2) is 0 Å². The first kappa shape index (κ1) is 14.6. The van der Waals surface area contributed by atoms with Crippen molar-refractivity contribution in [2.45, 2.75) is 13.5 Å². The number of nitrogens with zero attached hydrogens (tertiary/aromatic N) is 1. The Balaban J connectivity index is 2.03. The fourth-order valence-electron chi connectivity index (χ4n) is 2.48. The van der Waals surface area contributed by atoms with Crippen LogP contribution in [0.5, 0.6) is 0 Å². The van der Waals surface area contributed by atoms with Gasteiger partial charge in [-0.15, -0.1) is 0 Å². The predicted molar refractivity (Wildman–Crippen MR) is 78.5 cm³/mol. The van der Waals surface area contributed by atoms with E-state index in [-0.39, 0.29) is 11.8 Å². The highest BCUT2D eigenvalue weighted by Gasteiger charge is 2.31. The maximum Gasteiger partial charge on any atom is 0.227 e. The summed E-state index contributed by atoms with van der Waals surface area (Å²) in [4.78, 5) is 14.1. The quantitative estimate of drug-likeness (QED) is 0.931. The summed E-state index contributed by atoms with van der Waals surface area (Å²) in [6.45, 7) is 4.31. The van der Waals surface area contributed by atoms with Crippen molar-refractivity contribution in [3.63, 3.8) is 0 Å². The summed E-state index contributed by atoms with van der Waals surface area (Å²) in [6.07, 6.45) is 0. The fraction of sp³-hybridized carbons (Fsp3) is 0.500. The fourth-order valence-corrected chi connectivity index (χ4v) is 3.05. The minimum Gasteiger partial charge on any atom is -0.341 e. The van der Waals surface area contributed by atoms with Crippen LogP contribution in [0.4, 0.5) is 0 Å². The Bertz CT molecular complexity index is 458. The summed E-state index contributed by atoms with van der Waals surface area (Å²) in [7, 11) is 1.82. The number of halogens is 2. The van der Waals surface area contributed by atoms with Crippen LogP contribution in [0.25, 0.3) is 0 Å². The molecule has 1 fully saturated rings. The second kappa shape index (κ2) is 6.12. The van der Waals surface area contributed by atoms with Crippen LogP contribution < -0.4 is 5.32 Å². The smallest absolute Gasteiger partial charge is 0.227 e. The first-order chi connectivity index (χ1) is 8.97. The van der Waals surface area contributed by atoms with Gasteiger partial charge in [-0.05, 0) is 36.2 Å². The second-order valence-corrected chi connectivity index (χ2v) is 6.09. The number of hydrogen-bond donors (Lipinski definition) is 1. The van der Waals surface area contributed by atoms with Gasteiger partial charge in [0.1, 0.15) is 0 Å². The first-order valence-electron chi connectivity index (χ1n) is 6.38. The number of benzene rings is 1. The lowest BCUT2D eigenvalue weighted by molar-refractivity contribution is -0.135. The van der Waals surface area contributed by atoms with Gasteiger partial charge in [-0.1, -0.05) is 30.1 Å². The van der Waals surface area contributed by atoms with Crippen LogP contribution in [0.15, 0.2) is 18.2 Å². The first-order valence-corrected chi connectivity index (χ1v) is 7.13. The van der Waals surface area contributed by atoms with E-state index in [0.717, 1.165) is 18.7 Å². The molecule has 1 aliphatic heterocycles. The van der Waals surface area contributed by atoms with Crippen LogP contribution in [0.1, 0.15) is 12.5 Å². The molecule has 1 amide bonds. The monoisotopic (exact) mass is 300 g/mol. The van der Waals surface area contributed by atoms with Crippen molar-refractivity contribution in [3.8, 4) is 0 Å². The van der Waals surface area contributed by atoms with Crippen molar-refractivity contribution in [3.05, 3.63) is 33.8 Å². The molecule has 0 bridgehead atoms. The zero-order valence-corrected chi connectivity index (χ0v) is 12.6. The summed E-state index contributed by atoms with van der Waals surface area (Å²) in [5.41, 5.74) is 0.951. The van der Waals surface area contributed by atoms with Gasteiger partial charge in [0.25, 0.3) is 0 Å². The third-order valence-corrected chi connectivity index (χ3v) is 3.99. The van der Waals surface area contributed by atoms with E-state index in [1.165, 1.54) is 0 Å². The Morgan fingerprint density at radius 2 is 1.95 bits per heavy atom. The maximum atomic E-state index is 12.3. The minimum absolute atomic E-state index is 0.0691. The third-order valence-electron chi connectivity index (χ3n) is 3.55. The summed E-state index contributed by atoms with van der Waals surface area (Å²) >= 11 is 11.9. The minimum atomic E-state index is 0.0691. The Hall–Kier alpha value is -0.770. The molecule has 3 nitrogen and oxygen atoms in total. The van der Waals surface area contributed by atoms with Gasteiger partial charge in [-0.2, -0.15) is 0 Å². The topological polar surface area (TPSA) is 32.3 Å². The predicted octanol–water partition coefficient (Wildman–Crippen LogP) is 2.81. The van der Waals surface area contributed by atoms with E-state index in [4.69, 9.17) is 23.2 Å². The number of carbonyl (C=O) groups is 1. The molecule has 2 atom stereocenters. The summed E-state index contributed by atoms with van der Waals surface area (Å²) in [5.74, 6) is 0.631. The number of carbonyl (C=O) groups excluding carboxylic acids is 1. The molecular formula is C14H18Cl2N2O. The molecule has 1 aliphatic rings. The standard InChI is InChI=1S/C14H18Cl2N2O/c1-9-6-17-7-13(9)14(19)18(2)8-10-3-11(15)5-12(16)4-10/h3-5,9,13,17H,6-8H2,1-2H3/t9-,13-/m1/s1. The van der Waals surface area contributed by atoms with Crippen molar-refractivity contribution in [2.24, 2.45) is 11.8 Å². The molecule has 1 aromatic carbocycles. The molecule has 104 valence electrons. The van der Waals surface area contributed by atoms with Crippen molar-refractivity contribution < 1.29 is 4.79 Å². The van der Waals surface area contributed by atoms with Gasteiger partial charge in [0.15, 0.2) is 0 Å². The molecule has 5 heteroatoms. The van der Waals surface area contributed by atoms with E-state index in [1.54, 1.807) is 11.0 Å². The molecule has 0 saturated carbocycles. The third kappa shape index (κ3) is 3.62. The van der Waals surface area contributed by atoms with Gasteiger partial charge < -0.3 is 10.2 Å². The number of hydrogen-bond acceptors (Lipinski definition) is 2. The van der Waals surface area contributed by atoms with E-state index in [0.29, 0.717) is 22.5 Å². The molecule has 0 unspecified atom stereocenters. The lowest BCUT2D eigenvalue weighted by Crippen LogP contribution is -2.35. The van der Waals surface area contributed by atoms with E-state index in [1.807, 2.05) is 19.2 Å². The van der Waals surface area contributed by atoms with Crippen molar-refractivity contribution >= 4 is 29.1 Å². The summed E-state index contributed by atoms with van der Waals surface area (Å²) < 4.78 is 0. The van der Waals surface area contributed by atoms with Gasteiger partial charge in [-0.3, -0.25) is 4.79 Å². The van der Waals surface area contributed by atoms with Crippen molar-refractivity contribution in [1.29, 1.82) is 0 Å². The maximum absolute atomic E-state index is 12.3. The van der Waals surface area contributed by atoms with E-state index >= 15 is 0 Å². The highest BCUT2D eigenvalue weighted by Crippen LogP contribution is 2.22. The van der Waals surface area contributed by atoms with Gasteiger partial charge in [0.2, 0.25) is 5.91 Å². The molecule has 0 spiro atoms. The molecule has 19 heavy (non-hydrogen) atoms. The zero-order chi connectivity index (χ0) is 14.0. The van der Waals surface area contributed by atoms with E-state index in [9.17, 15) is 4.79 Å². The Labute approximate surface area is 123 Å². The molecular weight excluding hydrogens is 283 g/mol. The highest BCUT2D eigenvalue weighted by molar-refractivity contribution is 6.34. The van der Waals surface area contributed by atoms with Crippen molar-refractivity contribution in [1.82, 2.24) is 10.2 Å². The summed E-state index contributed by atoms with van der Waals surface area (Å²) in [5, 5.41) is 4.44. The molecule has 0 radical (unpaired) electrons. The lowest BCUT2D eigenvalue weighted by atomic mass is 9.96.